The number of amides is 2. The van der Waals surface area contributed by atoms with Gasteiger partial charge >= 0.3 is 0 Å². The van der Waals surface area contributed by atoms with E-state index in [0.29, 0.717) is 30.0 Å². The van der Waals surface area contributed by atoms with E-state index in [1.54, 1.807) is 31.2 Å². The van der Waals surface area contributed by atoms with Gasteiger partial charge in [-0.15, -0.1) is 0 Å². The Morgan fingerprint density at radius 1 is 1.10 bits per heavy atom. The van der Waals surface area contributed by atoms with Crippen molar-refractivity contribution in [3.8, 4) is 11.3 Å². The lowest BCUT2D eigenvalue weighted by molar-refractivity contribution is -0.384. The molecule has 1 aromatic heterocycles. The summed E-state index contributed by atoms with van der Waals surface area (Å²) in [6, 6.07) is 17.7. The second-order valence-electron chi connectivity index (χ2n) is 7.05. The number of hydrogen-bond donors (Lipinski definition) is 0. The van der Waals surface area contributed by atoms with Crippen molar-refractivity contribution < 1.29 is 18.9 Å². The molecule has 0 unspecified atom stereocenters. The van der Waals surface area contributed by atoms with Crippen LogP contribution in [0.5, 0.6) is 0 Å². The zero-order valence-corrected chi connectivity index (χ0v) is 17.4. The predicted octanol–water partition coefficient (Wildman–Crippen LogP) is 5.44. The van der Waals surface area contributed by atoms with Gasteiger partial charge in [0.05, 0.1) is 15.4 Å². The first-order valence-corrected chi connectivity index (χ1v) is 10.4. The van der Waals surface area contributed by atoms with Crippen LogP contribution in [0.4, 0.5) is 10.5 Å². The SMILES string of the molecule is Cc1ccc(-c2ccc(/C=C3/SC(=O)N(CCc4ccccc4)C3=O)o2)c([N+](=O)[O-])c1. The van der Waals surface area contributed by atoms with Crippen LogP contribution in [0.15, 0.2) is 70.0 Å². The van der Waals surface area contributed by atoms with Crippen LogP contribution in [0.25, 0.3) is 17.4 Å². The van der Waals surface area contributed by atoms with Gasteiger partial charge < -0.3 is 4.42 Å². The number of thioether (sulfide) groups is 1. The summed E-state index contributed by atoms with van der Waals surface area (Å²) in [5.41, 5.74) is 2.11. The van der Waals surface area contributed by atoms with E-state index in [4.69, 9.17) is 4.42 Å². The molecule has 0 spiro atoms. The predicted molar refractivity (Wildman–Crippen MR) is 118 cm³/mol. The first kappa shape index (κ1) is 20.6. The van der Waals surface area contributed by atoms with Gasteiger partial charge in [-0.3, -0.25) is 24.6 Å². The van der Waals surface area contributed by atoms with Crippen molar-refractivity contribution in [3.63, 3.8) is 0 Å². The Morgan fingerprint density at radius 3 is 2.61 bits per heavy atom. The average Bonchev–Trinajstić information content (AvgIpc) is 3.32. The van der Waals surface area contributed by atoms with E-state index in [1.807, 2.05) is 30.3 Å². The first-order chi connectivity index (χ1) is 14.9. The number of benzene rings is 2. The monoisotopic (exact) mass is 434 g/mol. The molecule has 2 aromatic carbocycles. The first-order valence-electron chi connectivity index (χ1n) is 9.57. The molecule has 0 saturated carbocycles. The topological polar surface area (TPSA) is 93.7 Å². The molecule has 2 amide bonds. The van der Waals surface area contributed by atoms with Crippen molar-refractivity contribution in [1.29, 1.82) is 0 Å². The molecule has 156 valence electrons. The lowest BCUT2D eigenvalue weighted by Gasteiger charge is -2.11. The molecule has 0 atom stereocenters. The molecule has 4 rings (SSSR count). The van der Waals surface area contributed by atoms with E-state index in [9.17, 15) is 19.7 Å². The Balaban J connectivity index is 1.53. The minimum atomic E-state index is -0.456. The maximum absolute atomic E-state index is 12.7. The van der Waals surface area contributed by atoms with Crippen LogP contribution in [-0.2, 0) is 11.2 Å². The van der Waals surface area contributed by atoms with Crippen molar-refractivity contribution in [2.24, 2.45) is 0 Å². The number of nitrogens with zero attached hydrogens (tertiary/aromatic N) is 2. The van der Waals surface area contributed by atoms with Gasteiger partial charge in [-0.2, -0.15) is 0 Å². The Morgan fingerprint density at radius 2 is 1.87 bits per heavy atom. The number of carbonyl (C=O) groups is 2. The van der Waals surface area contributed by atoms with Crippen LogP contribution in [0, 0.1) is 17.0 Å². The molecule has 0 radical (unpaired) electrons. The smallest absolute Gasteiger partial charge is 0.293 e. The molecule has 7 nitrogen and oxygen atoms in total. The summed E-state index contributed by atoms with van der Waals surface area (Å²) in [6.45, 7) is 2.07. The maximum atomic E-state index is 12.7. The number of furan rings is 1. The van der Waals surface area contributed by atoms with Crippen molar-refractivity contribution >= 4 is 34.7 Å². The highest BCUT2D eigenvalue weighted by Crippen LogP contribution is 2.35. The third-order valence-electron chi connectivity index (χ3n) is 4.86. The summed E-state index contributed by atoms with van der Waals surface area (Å²) in [5.74, 6) is 0.296. The molecule has 0 bridgehead atoms. The molecule has 1 fully saturated rings. The van der Waals surface area contributed by atoms with E-state index >= 15 is 0 Å². The number of hydrogen-bond acceptors (Lipinski definition) is 6. The standard InChI is InChI=1S/C23H18N2O5S/c1-15-7-9-18(19(13-15)25(28)29)20-10-8-17(30-20)14-21-22(26)24(23(27)31-21)12-11-16-5-3-2-4-6-16/h2-10,13-14H,11-12H2,1H3/b21-14+. The number of rotatable bonds is 6. The van der Waals surface area contributed by atoms with E-state index in [-0.39, 0.29) is 21.7 Å². The zero-order valence-electron chi connectivity index (χ0n) is 16.6. The Labute approximate surface area is 182 Å². The largest absolute Gasteiger partial charge is 0.456 e. The fraction of sp³-hybridized carbons (Fsp3) is 0.130. The second-order valence-corrected chi connectivity index (χ2v) is 8.04. The summed E-state index contributed by atoms with van der Waals surface area (Å²) in [7, 11) is 0. The van der Waals surface area contributed by atoms with Gasteiger partial charge in [0, 0.05) is 18.7 Å². The molecular weight excluding hydrogens is 416 g/mol. The fourth-order valence-corrected chi connectivity index (χ4v) is 4.13. The maximum Gasteiger partial charge on any atom is 0.293 e. The van der Waals surface area contributed by atoms with Gasteiger partial charge in [0.2, 0.25) is 0 Å². The fourth-order valence-electron chi connectivity index (χ4n) is 3.28. The number of nitro benzene ring substituents is 1. The van der Waals surface area contributed by atoms with Crippen LogP contribution in [-0.4, -0.2) is 27.5 Å². The third-order valence-corrected chi connectivity index (χ3v) is 5.76. The van der Waals surface area contributed by atoms with Crippen molar-refractivity contribution in [3.05, 3.63) is 92.6 Å². The second kappa shape index (κ2) is 8.61. The Hall–Kier alpha value is -3.65. The Bertz CT molecular complexity index is 1200. The van der Waals surface area contributed by atoms with Gasteiger partial charge in [0.1, 0.15) is 11.5 Å². The molecule has 3 aromatic rings. The normalized spacial score (nSPS) is 15.1. The number of imide groups is 1. The van der Waals surface area contributed by atoms with E-state index in [2.05, 4.69) is 0 Å². The minimum Gasteiger partial charge on any atom is -0.456 e. The molecule has 1 aliphatic heterocycles. The molecule has 0 aliphatic carbocycles. The Kier molecular flexibility index (Phi) is 5.73. The third kappa shape index (κ3) is 4.44. The molecule has 1 saturated heterocycles. The van der Waals surface area contributed by atoms with Gasteiger partial charge in [-0.25, -0.2) is 0 Å². The highest BCUT2D eigenvalue weighted by Gasteiger charge is 2.35. The number of carbonyl (C=O) groups excluding carboxylic acids is 2. The van der Waals surface area contributed by atoms with E-state index < -0.39 is 4.92 Å². The van der Waals surface area contributed by atoms with Gasteiger partial charge in [0.25, 0.3) is 16.8 Å². The molecule has 0 N–H and O–H groups in total. The average molecular weight is 434 g/mol. The zero-order chi connectivity index (χ0) is 22.0. The van der Waals surface area contributed by atoms with Crippen LogP contribution in [0.1, 0.15) is 16.9 Å². The molecule has 1 aliphatic rings. The number of aryl methyl sites for hydroxylation is 1. The van der Waals surface area contributed by atoms with E-state index in [1.165, 1.54) is 17.0 Å². The summed E-state index contributed by atoms with van der Waals surface area (Å²) >= 11 is 0.857. The van der Waals surface area contributed by atoms with Gasteiger partial charge in [-0.05, 0) is 54.4 Å². The molecular formula is C23H18N2O5S. The van der Waals surface area contributed by atoms with Gasteiger partial charge in [-0.1, -0.05) is 36.4 Å². The van der Waals surface area contributed by atoms with Crippen LogP contribution < -0.4 is 0 Å². The van der Waals surface area contributed by atoms with Crippen LogP contribution in [0.3, 0.4) is 0 Å². The van der Waals surface area contributed by atoms with Crippen molar-refractivity contribution in [1.82, 2.24) is 4.90 Å². The van der Waals surface area contributed by atoms with Crippen molar-refractivity contribution in [2.75, 3.05) is 6.54 Å². The highest BCUT2D eigenvalue weighted by atomic mass is 32.2. The summed E-state index contributed by atoms with van der Waals surface area (Å²) in [6.07, 6.45) is 2.07. The van der Waals surface area contributed by atoms with E-state index in [0.717, 1.165) is 22.9 Å². The minimum absolute atomic E-state index is 0.0536. The molecule has 2 heterocycles. The van der Waals surface area contributed by atoms with Crippen LogP contribution >= 0.6 is 11.8 Å². The number of nitro groups is 1. The molecule has 8 heteroatoms. The highest BCUT2D eigenvalue weighted by molar-refractivity contribution is 8.18. The molecule has 31 heavy (non-hydrogen) atoms. The quantitative estimate of drug-likeness (QED) is 0.291. The summed E-state index contributed by atoms with van der Waals surface area (Å²) in [5, 5.41) is 11.0. The summed E-state index contributed by atoms with van der Waals surface area (Å²) < 4.78 is 5.73. The lowest BCUT2D eigenvalue weighted by Crippen LogP contribution is -2.30. The van der Waals surface area contributed by atoms with Gasteiger partial charge in [0.15, 0.2) is 0 Å². The summed E-state index contributed by atoms with van der Waals surface area (Å²) in [4.78, 5) is 37.4. The van der Waals surface area contributed by atoms with Crippen molar-refractivity contribution in [2.45, 2.75) is 13.3 Å². The lowest BCUT2D eigenvalue weighted by atomic mass is 10.1. The van der Waals surface area contributed by atoms with Crippen LogP contribution in [0.2, 0.25) is 0 Å².